The number of β-amino-alcohol motifs (C(OH)–C–C–N with tert-alkyl or cyclic N) is 1. The highest BCUT2D eigenvalue weighted by molar-refractivity contribution is 5.86. The molecule has 2 N–H and O–H groups in total. The number of nitrogens with zero attached hydrogens (tertiary/aromatic N) is 4. The number of carbonyl (C=O) groups is 1. The Labute approximate surface area is 258 Å². The van der Waals surface area contributed by atoms with Gasteiger partial charge in [-0.05, 0) is 61.2 Å². The molecule has 0 radical (unpaired) electrons. The van der Waals surface area contributed by atoms with E-state index in [1.165, 1.54) is 31.5 Å². The van der Waals surface area contributed by atoms with Crippen LogP contribution < -0.4 is 9.47 Å². The number of carboxylic acid groups (broad SMARTS) is 1. The molecule has 0 saturated carbocycles. The molecule has 1 aliphatic rings. The normalized spacial score (nSPS) is 15.8. The van der Waals surface area contributed by atoms with Crippen molar-refractivity contribution in [2.24, 2.45) is 0 Å². The van der Waals surface area contributed by atoms with Crippen molar-refractivity contribution < 1.29 is 37.7 Å². The minimum Gasteiger partial charge on any atom is -0.493 e. The summed E-state index contributed by atoms with van der Waals surface area (Å²) in [6, 6.07) is 16.9. The van der Waals surface area contributed by atoms with Gasteiger partial charge in [-0.1, -0.05) is 18.2 Å². The number of rotatable bonds is 11. The molecule has 1 saturated heterocycles. The Kier molecular flexibility index (Phi) is 9.32. The molecule has 12 heteroatoms. The van der Waals surface area contributed by atoms with E-state index in [0.29, 0.717) is 47.5 Å². The summed E-state index contributed by atoms with van der Waals surface area (Å²) < 4.78 is 57.6. The van der Waals surface area contributed by atoms with E-state index in [1.54, 1.807) is 52.1 Å². The Hall–Kier alpha value is -4.60. The van der Waals surface area contributed by atoms with Gasteiger partial charge in [0.1, 0.15) is 6.10 Å². The van der Waals surface area contributed by atoms with Crippen LogP contribution in [0.2, 0.25) is 0 Å². The largest absolute Gasteiger partial charge is 0.493 e. The summed E-state index contributed by atoms with van der Waals surface area (Å²) in [5.41, 5.74) is -1.37. The lowest BCUT2D eigenvalue weighted by Crippen LogP contribution is -2.53. The van der Waals surface area contributed by atoms with Gasteiger partial charge in [0.15, 0.2) is 11.5 Å². The zero-order valence-electron chi connectivity index (χ0n) is 24.6. The number of nitriles is 1. The lowest BCUT2D eigenvalue weighted by Gasteiger charge is -2.39. The monoisotopic (exact) mass is 622 g/mol. The standard InChI is InChI=1S/C33H33F3N4O5/c1-44-30-17-22(7-10-31(41)42)6-9-29(30)45-25-11-14-39(15-12-25)21-32(43,33(34,35)36)27-20-40(19-24-4-2-3-13-38-24)28-16-23(18-37)5-8-26(27)28/h2-6,8-9,13,16-17,20,25,43H,7,10-12,14-15,19,21H2,1H3,(H,41,42). The number of aromatic nitrogens is 2. The SMILES string of the molecule is COc1cc(CCC(=O)O)ccc1OC1CCN(CC(O)(c2cn(Cc3ccccn3)c3cc(C#N)ccc23)C(F)(F)F)CC1. The number of alkyl halides is 3. The molecule has 0 bridgehead atoms. The van der Waals surface area contributed by atoms with Crippen molar-refractivity contribution >= 4 is 16.9 Å². The number of pyridine rings is 1. The van der Waals surface area contributed by atoms with E-state index in [1.807, 2.05) is 6.07 Å². The van der Waals surface area contributed by atoms with Gasteiger partial charge in [0, 0.05) is 49.4 Å². The number of likely N-dealkylation sites (tertiary alicyclic amines) is 1. The van der Waals surface area contributed by atoms with Gasteiger partial charge in [0.25, 0.3) is 0 Å². The highest BCUT2D eigenvalue weighted by Gasteiger charge is 2.57. The quantitative estimate of drug-likeness (QED) is 0.232. The summed E-state index contributed by atoms with van der Waals surface area (Å²) in [5.74, 6) is 0.0227. The number of carboxylic acids is 1. The van der Waals surface area contributed by atoms with Crippen molar-refractivity contribution in [2.45, 2.75) is 50.1 Å². The van der Waals surface area contributed by atoms with Crippen LogP contribution in [0.15, 0.2) is 67.0 Å². The molecule has 3 heterocycles. The molecule has 9 nitrogen and oxygen atoms in total. The lowest BCUT2D eigenvalue weighted by molar-refractivity contribution is -0.272. The van der Waals surface area contributed by atoms with Gasteiger partial charge in [-0.25, -0.2) is 0 Å². The highest BCUT2D eigenvalue weighted by atomic mass is 19.4. The number of hydrogen-bond acceptors (Lipinski definition) is 7. The molecule has 0 spiro atoms. The molecule has 1 atom stereocenters. The topological polar surface area (TPSA) is 121 Å². The van der Waals surface area contributed by atoms with Crippen molar-refractivity contribution in [3.63, 3.8) is 0 Å². The molecule has 0 amide bonds. The van der Waals surface area contributed by atoms with Gasteiger partial charge >= 0.3 is 12.1 Å². The van der Waals surface area contributed by atoms with E-state index < -0.39 is 24.3 Å². The number of hydrogen-bond donors (Lipinski definition) is 2. The maximum atomic E-state index is 14.8. The number of fused-ring (bicyclic) bond motifs is 1. The van der Waals surface area contributed by atoms with Gasteiger partial charge in [-0.3, -0.25) is 14.7 Å². The second kappa shape index (κ2) is 13.2. The third kappa shape index (κ3) is 7.05. The molecule has 5 rings (SSSR count). The number of halogens is 3. The number of piperidine rings is 1. The zero-order chi connectivity index (χ0) is 32.2. The molecule has 2 aromatic carbocycles. The lowest BCUT2D eigenvalue weighted by atomic mass is 9.90. The van der Waals surface area contributed by atoms with Crippen LogP contribution in [0.25, 0.3) is 10.9 Å². The summed E-state index contributed by atoms with van der Waals surface area (Å²) >= 11 is 0. The second-order valence-corrected chi connectivity index (χ2v) is 11.2. The van der Waals surface area contributed by atoms with Crippen LogP contribution in [0, 0.1) is 11.3 Å². The van der Waals surface area contributed by atoms with Crippen LogP contribution >= 0.6 is 0 Å². The van der Waals surface area contributed by atoms with Gasteiger partial charge in [0.05, 0.1) is 36.5 Å². The summed E-state index contributed by atoms with van der Waals surface area (Å²) in [7, 11) is 1.48. The molecule has 4 aromatic rings. The number of benzene rings is 2. The number of aliphatic hydroxyl groups is 1. The minimum absolute atomic E-state index is 0.0161. The maximum Gasteiger partial charge on any atom is 0.422 e. The average molecular weight is 623 g/mol. The smallest absolute Gasteiger partial charge is 0.422 e. The Morgan fingerprint density at radius 3 is 2.53 bits per heavy atom. The first-order valence-electron chi connectivity index (χ1n) is 14.5. The Morgan fingerprint density at radius 1 is 1.11 bits per heavy atom. The van der Waals surface area contributed by atoms with Gasteiger partial charge in [-0.15, -0.1) is 0 Å². The molecular formula is C33H33F3N4O5. The van der Waals surface area contributed by atoms with E-state index in [0.717, 1.165) is 5.56 Å². The third-order valence-corrected chi connectivity index (χ3v) is 8.12. The zero-order valence-corrected chi connectivity index (χ0v) is 24.6. The van der Waals surface area contributed by atoms with Crippen LogP contribution in [0.1, 0.15) is 41.6 Å². The number of aryl methyl sites for hydroxylation is 1. The van der Waals surface area contributed by atoms with Crippen LogP contribution in [-0.2, 0) is 23.4 Å². The van der Waals surface area contributed by atoms with Crippen molar-refractivity contribution in [3.8, 4) is 17.6 Å². The van der Waals surface area contributed by atoms with Crippen LogP contribution in [0.3, 0.4) is 0 Å². The first-order valence-corrected chi connectivity index (χ1v) is 14.5. The summed E-state index contributed by atoms with van der Waals surface area (Å²) in [5, 5.41) is 30.1. The first-order chi connectivity index (χ1) is 21.5. The highest BCUT2D eigenvalue weighted by Crippen LogP contribution is 2.44. The van der Waals surface area contributed by atoms with Crippen LogP contribution in [-0.4, -0.2) is 69.7 Å². The molecule has 0 aliphatic carbocycles. The number of methoxy groups -OCH3 is 1. The Morgan fingerprint density at radius 2 is 1.89 bits per heavy atom. The van der Waals surface area contributed by atoms with Crippen LogP contribution in [0.5, 0.6) is 11.5 Å². The van der Waals surface area contributed by atoms with E-state index in [2.05, 4.69) is 4.98 Å². The fourth-order valence-electron chi connectivity index (χ4n) is 5.72. The van der Waals surface area contributed by atoms with Gasteiger partial charge in [0.2, 0.25) is 5.60 Å². The first kappa shape index (κ1) is 31.8. The van der Waals surface area contributed by atoms with Crippen molar-refractivity contribution in [1.29, 1.82) is 5.26 Å². The van der Waals surface area contributed by atoms with E-state index in [-0.39, 0.29) is 43.1 Å². The summed E-state index contributed by atoms with van der Waals surface area (Å²) in [6.45, 7) is 0.000852. The summed E-state index contributed by atoms with van der Waals surface area (Å²) in [6.07, 6.45) is -1.20. The molecule has 45 heavy (non-hydrogen) atoms. The predicted molar refractivity (Wildman–Crippen MR) is 159 cm³/mol. The van der Waals surface area contributed by atoms with Crippen LogP contribution in [0.4, 0.5) is 13.2 Å². The van der Waals surface area contributed by atoms with E-state index in [4.69, 9.17) is 14.6 Å². The number of aliphatic carboxylic acids is 1. The molecule has 2 aromatic heterocycles. The van der Waals surface area contributed by atoms with Gasteiger partial charge < -0.3 is 24.3 Å². The fraction of sp³-hybridized carbons (Fsp3) is 0.364. The van der Waals surface area contributed by atoms with E-state index in [9.17, 15) is 28.3 Å². The summed E-state index contributed by atoms with van der Waals surface area (Å²) in [4.78, 5) is 16.8. The maximum absolute atomic E-state index is 14.8. The Balaban J connectivity index is 1.34. The molecule has 236 valence electrons. The average Bonchev–Trinajstić information content (AvgIpc) is 3.39. The molecule has 1 aliphatic heterocycles. The molecule has 1 fully saturated rings. The van der Waals surface area contributed by atoms with E-state index >= 15 is 0 Å². The van der Waals surface area contributed by atoms with Crippen molar-refractivity contribution in [2.75, 3.05) is 26.7 Å². The fourth-order valence-corrected chi connectivity index (χ4v) is 5.72. The minimum atomic E-state index is -4.99. The molecule has 1 unspecified atom stereocenters. The van der Waals surface area contributed by atoms with Crippen molar-refractivity contribution in [3.05, 3.63) is 89.4 Å². The molecular weight excluding hydrogens is 589 g/mol. The third-order valence-electron chi connectivity index (χ3n) is 8.12. The predicted octanol–water partition coefficient (Wildman–Crippen LogP) is 5.28. The van der Waals surface area contributed by atoms with Crippen molar-refractivity contribution in [1.82, 2.24) is 14.5 Å². The second-order valence-electron chi connectivity index (χ2n) is 11.2. The van der Waals surface area contributed by atoms with Gasteiger partial charge in [-0.2, -0.15) is 18.4 Å². The Bertz CT molecular complexity index is 1690. The number of ether oxygens (including phenoxy) is 2.